The molecule has 3 aromatic rings. The Balaban J connectivity index is 1.46. The normalized spacial score (nSPS) is 11.9. The average molecular weight is 414 g/mol. The molecule has 1 aromatic heterocycles. The number of halogens is 1. The number of rotatable bonds is 7. The summed E-state index contributed by atoms with van der Waals surface area (Å²) >= 11 is 3.45. The van der Waals surface area contributed by atoms with Crippen molar-refractivity contribution in [1.82, 2.24) is 15.5 Å². The zero-order valence-corrected chi connectivity index (χ0v) is 16.1. The molecule has 1 amide bonds. The SMILES string of the molecule is C[C@@H](NC(=O)CCCc1nnc(-c2ccccc2)o1)c1cccc(Br)c1. The zero-order chi connectivity index (χ0) is 18.4. The van der Waals surface area contributed by atoms with E-state index in [1.54, 1.807) is 0 Å². The maximum Gasteiger partial charge on any atom is 0.247 e. The molecule has 6 heteroatoms. The van der Waals surface area contributed by atoms with E-state index in [9.17, 15) is 4.79 Å². The third-order valence-corrected chi connectivity index (χ3v) is 4.50. The number of hydrogen-bond acceptors (Lipinski definition) is 4. The summed E-state index contributed by atoms with van der Waals surface area (Å²) in [7, 11) is 0. The lowest BCUT2D eigenvalue weighted by atomic mass is 10.1. The summed E-state index contributed by atoms with van der Waals surface area (Å²) in [5.41, 5.74) is 1.96. The van der Waals surface area contributed by atoms with Crippen molar-refractivity contribution in [3.63, 3.8) is 0 Å². The molecule has 5 nitrogen and oxygen atoms in total. The van der Waals surface area contributed by atoms with Crippen LogP contribution in [0.15, 0.2) is 63.5 Å². The molecule has 1 N–H and O–H groups in total. The van der Waals surface area contributed by atoms with E-state index in [0.717, 1.165) is 15.6 Å². The Morgan fingerprint density at radius 3 is 2.73 bits per heavy atom. The first-order valence-corrected chi connectivity index (χ1v) is 9.34. The van der Waals surface area contributed by atoms with Gasteiger partial charge in [-0.05, 0) is 43.2 Å². The van der Waals surface area contributed by atoms with Crippen LogP contribution in [-0.2, 0) is 11.2 Å². The van der Waals surface area contributed by atoms with Crippen molar-refractivity contribution in [2.45, 2.75) is 32.2 Å². The van der Waals surface area contributed by atoms with Crippen molar-refractivity contribution in [1.29, 1.82) is 0 Å². The van der Waals surface area contributed by atoms with Crippen LogP contribution in [0.3, 0.4) is 0 Å². The van der Waals surface area contributed by atoms with Gasteiger partial charge in [0.2, 0.25) is 17.7 Å². The second-order valence-corrected chi connectivity index (χ2v) is 6.98. The molecule has 0 bridgehead atoms. The second-order valence-electron chi connectivity index (χ2n) is 6.06. The van der Waals surface area contributed by atoms with Gasteiger partial charge in [0.25, 0.3) is 0 Å². The van der Waals surface area contributed by atoms with Crippen molar-refractivity contribution in [2.24, 2.45) is 0 Å². The third-order valence-electron chi connectivity index (χ3n) is 4.01. The van der Waals surface area contributed by atoms with Crippen molar-refractivity contribution in [3.05, 3.63) is 70.5 Å². The van der Waals surface area contributed by atoms with E-state index in [2.05, 4.69) is 31.4 Å². The summed E-state index contributed by atoms with van der Waals surface area (Å²) in [6.07, 6.45) is 1.66. The van der Waals surface area contributed by atoms with Crippen LogP contribution < -0.4 is 5.32 Å². The van der Waals surface area contributed by atoms with Crippen molar-refractivity contribution in [3.8, 4) is 11.5 Å². The fourth-order valence-corrected chi connectivity index (χ4v) is 3.04. The van der Waals surface area contributed by atoms with E-state index in [1.165, 1.54) is 0 Å². The van der Waals surface area contributed by atoms with E-state index in [0.29, 0.717) is 31.0 Å². The minimum absolute atomic E-state index is 0.0141. The number of aryl methyl sites for hydroxylation is 1. The standard InChI is InChI=1S/C20H20BrN3O2/c1-14(16-9-5-10-17(21)13-16)22-18(25)11-6-12-19-23-24-20(26-19)15-7-3-2-4-8-15/h2-5,7-10,13-14H,6,11-12H2,1H3,(H,22,25)/t14-/m1/s1. The van der Waals surface area contributed by atoms with Gasteiger partial charge in [0, 0.05) is 22.9 Å². The zero-order valence-electron chi connectivity index (χ0n) is 14.5. The van der Waals surface area contributed by atoms with Crippen LogP contribution in [0.25, 0.3) is 11.5 Å². The predicted molar refractivity (Wildman–Crippen MR) is 103 cm³/mol. The van der Waals surface area contributed by atoms with Gasteiger partial charge in [0.1, 0.15) is 0 Å². The van der Waals surface area contributed by atoms with Crippen molar-refractivity contribution < 1.29 is 9.21 Å². The van der Waals surface area contributed by atoms with Crippen LogP contribution >= 0.6 is 15.9 Å². The molecule has 0 aliphatic heterocycles. The molecular formula is C20H20BrN3O2. The average Bonchev–Trinajstić information content (AvgIpc) is 3.11. The Morgan fingerprint density at radius 1 is 1.15 bits per heavy atom. The Hall–Kier alpha value is -2.47. The molecule has 0 aliphatic carbocycles. The van der Waals surface area contributed by atoms with Gasteiger partial charge in [-0.25, -0.2) is 0 Å². The lowest BCUT2D eigenvalue weighted by Crippen LogP contribution is -2.26. The third kappa shape index (κ3) is 5.02. The van der Waals surface area contributed by atoms with Gasteiger partial charge in [-0.15, -0.1) is 10.2 Å². The Morgan fingerprint density at radius 2 is 1.96 bits per heavy atom. The fourth-order valence-electron chi connectivity index (χ4n) is 2.63. The van der Waals surface area contributed by atoms with Crippen LogP contribution in [0.1, 0.15) is 37.3 Å². The van der Waals surface area contributed by atoms with Gasteiger partial charge >= 0.3 is 0 Å². The van der Waals surface area contributed by atoms with Gasteiger partial charge in [-0.1, -0.05) is 46.3 Å². The molecule has 26 heavy (non-hydrogen) atoms. The maximum absolute atomic E-state index is 12.1. The molecular weight excluding hydrogens is 394 g/mol. The first-order valence-electron chi connectivity index (χ1n) is 8.54. The van der Waals surface area contributed by atoms with Crippen molar-refractivity contribution >= 4 is 21.8 Å². The number of amides is 1. The second kappa shape index (κ2) is 8.76. The minimum Gasteiger partial charge on any atom is -0.421 e. The minimum atomic E-state index is -0.0342. The summed E-state index contributed by atoms with van der Waals surface area (Å²) in [5.74, 6) is 1.07. The van der Waals surface area contributed by atoms with Gasteiger partial charge in [0.15, 0.2) is 0 Å². The highest BCUT2D eigenvalue weighted by atomic mass is 79.9. The number of benzene rings is 2. The summed E-state index contributed by atoms with van der Waals surface area (Å²) < 4.78 is 6.66. The Bertz CT molecular complexity index is 864. The van der Waals surface area contributed by atoms with Crippen LogP contribution in [0, 0.1) is 0 Å². The molecule has 0 aliphatic rings. The predicted octanol–water partition coefficient (Wildman–Crippen LogP) is 4.70. The van der Waals surface area contributed by atoms with Gasteiger partial charge < -0.3 is 9.73 Å². The van der Waals surface area contributed by atoms with E-state index < -0.39 is 0 Å². The summed E-state index contributed by atoms with van der Waals surface area (Å²) in [5, 5.41) is 11.1. The number of hydrogen-bond donors (Lipinski definition) is 1. The van der Waals surface area contributed by atoms with Gasteiger partial charge in [-0.3, -0.25) is 4.79 Å². The van der Waals surface area contributed by atoms with Crippen LogP contribution in [-0.4, -0.2) is 16.1 Å². The van der Waals surface area contributed by atoms with Gasteiger partial charge in [-0.2, -0.15) is 0 Å². The molecule has 0 saturated heterocycles. The molecule has 1 heterocycles. The lowest BCUT2D eigenvalue weighted by molar-refractivity contribution is -0.121. The summed E-state index contributed by atoms with van der Waals surface area (Å²) in [6.45, 7) is 1.98. The number of nitrogens with zero attached hydrogens (tertiary/aromatic N) is 2. The molecule has 0 saturated carbocycles. The summed E-state index contributed by atoms with van der Waals surface area (Å²) in [4.78, 5) is 12.1. The highest BCUT2D eigenvalue weighted by Crippen LogP contribution is 2.19. The number of nitrogens with one attached hydrogen (secondary N) is 1. The first kappa shape index (κ1) is 18.3. The molecule has 1 atom stereocenters. The van der Waals surface area contributed by atoms with Crippen LogP contribution in [0.5, 0.6) is 0 Å². The van der Waals surface area contributed by atoms with Crippen LogP contribution in [0.2, 0.25) is 0 Å². The maximum atomic E-state index is 12.1. The molecule has 134 valence electrons. The fraction of sp³-hybridized carbons (Fsp3) is 0.250. The highest BCUT2D eigenvalue weighted by molar-refractivity contribution is 9.10. The highest BCUT2D eigenvalue weighted by Gasteiger charge is 2.12. The van der Waals surface area contributed by atoms with E-state index in [-0.39, 0.29) is 11.9 Å². The quantitative estimate of drug-likeness (QED) is 0.609. The molecule has 2 aromatic carbocycles. The Labute approximate surface area is 161 Å². The monoisotopic (exact) mass is 413 g/mol. The summed E-state index contributed by atoms with van der Waals surface area (Å²) in [6, 6.07) is 17.5. The van der Waals surface area contributed by atoms with E-state index >= 15 is 0 Å². The molecule has 0 unspecified atom stereocenters. The molecule has 0 spiro atoms. The number of carbonyl (C=O) groups is 1. The molecule has 3 rings (SSSR count). The number of carbonyl (C=O) groups excluding carboxylic acids is 1. The largest absolute Gasteiger partial charge is 0.421 e. The number of aromatic nitrogens is 2. The van der Waals surface area contributed by atoms with Gasteiger partial charge in [0.05, 0.1) is 6.04 Å². The molecule has 0 radical (unpaired) electrons. The Kier molecular flexibility index (Phi) is 6.17. The van der Waals surface area contributed by atoms with Crippen LogP contribution in [0.4, 0.5) is 0 Å². The first-order chi connectivity index (χ1) is 12.6. The topological polar surface area (TPSA) is 68.0 Å². The van der Waals surface area contributed by atoms with E-state index in [4.69, 9.17) is 4.42 Å². The van der Waals surface area contributed by atoms with Crippen molar-refractivity contribution in [2.75, 3.05) is 0 Å². The lowest BCUT2D eigenvalue weighted by Gasteiger charge is -2.14. The molecule has 0 fully saturated rings. The van der Waals surface area contributed by atoms with E-state index in [1.807, 2.05) is 61.5 Å². The smallest absolute Gasteiger partial charge is 0.247 e.